The van der Waals surface area contributed by atoms with E-state index in [1.165, 1.54) is 83.6 Å². The van der Waals surface area contributed by atoms with Gasteiger partial charge < -0.3 is 16.4 Å². The van der Waals surface area contributed by atoms with Crippen LogP contribution in [-0.2, 0) is 0 Å². The van der Waals surface area contributed by atoms with Crippen LogP contribution in [0, 0.1) is 0 Å². The van der Waals surface area contributed by atoms with E-state index in [0.717, 1.165) is 26.2 Å². The summed E-state index contributed by atoms with van der Waals surface area (Å²) in [7, 11) is 0. The van der Waals surface area contributed by atoms with E-state index < -0.39 is 0 Å². The van der Waals surface area contributed by atoms with Crippen molar-refractivity contribution in [3.63, 3.8) is 0 Å². The van der Waals surface area contributed by atoms with Gasteiger partial charge in [-0.1, -0.05) is 77.6 Å². The lowest BCUT2D eigenvalue weighted by Gasteiger charge is -2.06. The second-order valence-corrected chi connectivity index (χ2v) is 6.18. The summed E-state index contributed by atoms with van der Waals surface area (Å²) in [4.78, 5) is 0. The fraction of sp³-hybridized carbons (Fsp3) is 1.00. The Kier molecular flexibility index (Phi) is 19.8. The van der Waals surface area contributed by atoms with Crippen molar-refractivity contribution in [2.45, 2.75) is 84.0 Å². The summed E-state index contributed by atoms with van der Waals surface area (Å²) in [6, 6.07) is 0. The molecular formula is C18H41N3. The monoisotopic (exact) mass is 299 g/mol. The molecule has 21 heavy (non-hydrogen) atoms. The summed E-state index contributed by atoms with van der Waals surface area (Å²) in [5, 5.41) is 6.77. The molecule has 0 amide bonds. The van der Waals surface area contributed by atoms with E-state index in [9.17, 15) is 0 Å². The molecule has 0 rings (SSSR count). The van der Waals surface area contributed by atoms with Crippen molar-refractivity contribution in [3.05, 3.63) is 0 Å². The predicted octanol–water partition coefficient (Wildman–Crippen LogP) is 3.83. The van der Waals surface area contributed by atoms with E-state index >= 15 is 0 Å². The maximum absolute atomic E-state index is 5.41. The van der Waals surface area contributed by atoms with Crippen LogP contribution >= 0.6 is 0 Å². The molecule has 0 aromatic heterocycles. The smallest absolute Gasteiger partial charge is 0.00772 e. The van der Waals surface area contributed by atoms with Gasteiger partial charge >= 0.3 is 0 Å². The molecule has 3 heteroatoms. The molecule has 3 nitrogen and oxygen atoms in total. The van der Waals surface area contributed by atoms with Crippen molar-refractivity contribution in [2.24, 2.45) is 5.73 Å². The van der Waals surface area contributed by atoms with Crippen molar-refractivity contribution >= 4 is 0 Å². The van der Waals surface area contributed by atoms with E-state index in [4.69, 9.17) is 5.73 Å². The lowest BCUT2D eigenvalue weighted by molar-refractivity contribution is 0.532. The van der Waals surface area contributed by atoms with Gasteiger partial charge in [-0.15, -0.1) is 0 Å². The second-order valence-electron chi connectivity index (χ2n) is 6.18. The van der Waals surface area contributed by atoms with Gasteiger partial charge in [0.05, 0.1) is 0 Å². The minimum absolute atomic E-state index is 0.735. The van der Waals surface area contributed by atoms with Crippen LogP contribution in [0.15, 0.2) is 0 Å². The number of hydrogen-bond donors (Lipinski definition) is 3. The zero-order valence-corrected chi connectivity index (χ0v) is 14.6. The Hall–Kier alpha value is -0.120. The first kappa shape index (κ1) is 20.9. The van der Waals surface area contributed by atoms with Crippen LogP contribution in [0.4, 0.5) is 0 Å². The maximum Gasteiger partial charge on any atom is 0.00772 e. The number of nitrogens with two attached hydrogens (primary N) is 1. The van der Waals surface area contributed by atoms with E-state index in [0.29, 0.717) is 0 Å². The molecule has 0 unspecified atom stereocenters. The number of unbranched alkanes of at least 4 members (excludes halogenated alkanes) is 11. The molecule has 128 valence electrons. The molecule has 0 aliphatic rings. The van der Waals surface area contributed by atoms with E-state index in [1.807, 2.05) is 0 Å². The van der Waals surface area contributed by atoms with Gasteiger partial charge in [-0.2, -0.15) is 0 Å². The van der Waals surface area contributed by atoms with Gasteiger partial charge in [0.2, 0.25) is 0 Å². The lowest BCUT2D eigenvalue weighted by atomic mass is 10.1. The van der Waals surface area contributed by atoms with E-state index in [2.05, 4.69) is 17.6 Å². The molecule has 0 atom stereocenters. The fourth-order valence-electron chi connectivity index (χ4n) is 2.62. The SMILES string of the molecule is CCCCCCCCCCCCCCNCCNCCN. The Morgan fingerprint density at radius 3 is 1.43 bits per heavy atom. The number of rotatable bonds is 18. The molecule has 0 aromatic carbocycles. The van der Waals surface area contributed by atoms with Crippen LogP contribution in [-0.4, -0.2) is 32.7 Å². The Balaban J connectivity index is 2.90. The second kappa shape index (κ2) is 19.9. The normalized spacial score (nSPS) is 11.1. The minimum Gasteiger partial charge on any atom is -0.329 e. The highest BCUT2D eigenvalue weighted by molar-refractivity contribution is 4.54. The van der Waals surface area contributed by atoms with Gasteiger partial charge in [0.1, 0.15) is 0 Å². The highest BCUT2D eigenvalue weighted by atomic mass is 14.9. The molecule has 0 aromatic rings. The molecule has 0 spiro atoms. The molecular weight excluding hydrogens is 258 g/mol. The van der Waals surface area contributed by atoms with Crippen LogP contribution < -0.4 is 16.4 Å². The summed E-state index contributed by atoms with van der Waals surface area (Å²) in [5.41, 5.74) is 5.41. The molecule has 0 saturated carbocycles. The topological polar surface area (TPSA) is 50.1 Å². The summed E-state index contributed by atoms with van der Waals surface area (Å²) < 4.78 is 0. The number of hydrogen-bond acceptors (Lipinski definition) is 3. The molecule has 0 fully saturated rings. The van der Waals surface area contributed by atoms with Gasteiger partial charge in [0.15, 0.2) is 0 Å². The van der Waals surface area contributed by atoms with Gasteiger partial charge in [0, 0.05) is 26.2 Å². The van der Waals surface area contributed by atoms with Crippen LogP contribution in [0.3, 0.4) is 0 Å². The van der Waals surface area contributed by atoms with Gasteiger partial charge in [-0.05, 0) is 13.0 Å². The van der Waals surface area contributed by atoms with Crippen LogP contribution in [0.2, 0.25) is 0 Å². The lowest BCUT2D eigenvalue weighted by Crippen LogP contribution is -2.31. The zero-order chi connectivity index (χ0) is 15.4. The molecule has 0 saturated heterocycles. The van der Waals surface area contributed by atoms with Gasteiger partial charge in [-0.3, -0.25) is 0 Å². The summed E-state index contributed by atoms with van der Waals surface area (Å²) in [5.74, 6) is 0. The van der Waals surface area contributed by atoms with Crippen molar-refractivity contribution in [1.29, 1.82) is 0 Å². The largest absolute Gasteiger partial charge is 0.329 e. The van der Waals surface area contributed by atoms with E-state index in [1.54, 1.807) is 0 Å². The predicted molar refractivity (Wildman–Crippen MR) is 95.9 cm³/mol. The average Bonchev–Trinajstić information content (AvgIpc) is 2.50. The van der Waals surface area contributed by atoms with Crippen LogP contribution in [0.1, 0.15) is 84.0 Å². The Bertz CT molecular complexity index is 156. The Morgan fingerprint density at radius 2 is 0.952 bits per heavy atom. The van der Waals surface area contributed by atoms with Crippen molar-refractivity contribution in [1.82, 2.24) is 10.6 Å². The summed E-state index contributed by atoms with van der Waals surface area (Å²) in [6.45, 7) is 7.22. The number of nitrogens with one attached hydrogen (secondary N) is 2. The third kappa shape index (κ3) is 19.9. The van der Waals surface area contributed by atoms with E-state index in [-0.39, 0.29) is 0 Å². The molecule has 4 N–H and O–H groups in total. The highest BCUT2D eigenvalue weighted by Gasteiger charge is 1.93. The van der Waals surface area contributed by atoms with Crippen LogP contribution in [0.5, 0.6) is 0 Å². The quantitative estimate of drug-likeness (QED) is 0.337. The maximum atomic E-state index is 5.41. The van der Waals surface area contributed by atoms with Gasteiger partial charge in [0.25, 0.3) is 0 Å². The Morgan fingerprint density at radius 1 is 0.524 bits per heavy atom. The molecule has 0 aliphatic carbocycles. The average molecular weight is 300 g/mol. The standard InChI is InChI=1S/C18H41N3/c1-2-3-4-5-6-7-8-9-10-11-12-13-15-20-17-18-21-16-14-19/h20-21H,2-19H2,1H3. The third-order valence-corrected chi connectivity index (χ3v) is 4.01. The van der Waals surface area contributed by atoms with Crippen molar-refractivity contribution < 1.29 is 0 Å². The fourth-order valence-corrected chi connectivity index (χ4v) is 2.62. The zero-order valence-electron chi connectivity index (χ0n) is 14.6. The minimum atomic E-state index is 0.735. The van der Waals surface area contributed by atoms with Crippen LogP contribution in [0.25, 0.3) is 0 Å². The third-order valence-electron chi connectivity index (χ3n) is 4.01. The summed E-state index contributed by atoms with van der Waals surface area (Å²) in [6.07, 6.45) is 17.1. The molecule has 0 bridgehead atoms. The molecule has 0 radical (unpaired) electrons. The Labute approximate surface area is 133 Å². The first-order valence-electron chi connectivity index (χ1n) is 9.53. The summed E-state index contributed by atoms with van der Waals surface area (Å²) >= 11 is 0. The first-order chi connectivity index (χ1) is 10.4. The first-order valence-corrected chi connectivity index (χ1v) is 9.53. The van der Waals surface area contributed by atoms with Gasteiger partial charge in [-0.25, -0.2) is 0 Å². The highest BCUT2D eigenvalue weighted by Crippen LogP contribution is 2.11. The van der Waals surface area contributed by atoms with Crippen molar-refractivity contribution in [3.8, 4) is 0 Å². The molecule has 0 heterocycles. The van der Waals surface area contributed by atoms with Crippen molar-refractivity contribution in [2.75, 3.05) is 32.7 Å². The molecule has 0 aliphatic heterocycles.